The Labute approximate surface area is 145 Å². The topological polar surface area (TPSA) is 128 Å². The second-order valence-electron chi connectivity index (χ2n) is 5.61. The molecule has 132 valence electrons. The largest absolute Gasteiger partial charge is 0.295 e. The molecule has 0 heterocycles. The van der Waals surface area contributed by atoms with Crippen molar-refractivity contribution in [3.05, 3.63) is 63.2 Å². The lowest BCUT2D eigenvalue weighted by Gasteiger charge is -2.08. The zero-order chi connectivity index (χ0) is 18.8. The van der Waals surface area contributed by atoms with Gasteiger partial charge in [0.15, 0.2) is 0 Å². The van der Waals surface area contributed by atoms with E-state index in [1.165, 1.54) is 12.1 Å². The number of nitro benzene ring substituents is 1. The molecule has 2 aromatic carbocycles. The number of nitrogens with zero attached hydrogens (tertiary/aromatic N) is 2. The highest BCUT2D eigenvalue weighted by Crippen LogP contribution is 2.27. The number of rotatable bonds is 5. The summed E-state index contributed by atoms with van der Waals surface area (Å²) in [5.74, 6) is 0. The lowest BCUT2D eigenvalue weighted by molar-refractivity contribution is -0.384. The molecule has 3 N–H and O–H groups in total. The van der Waals surface area contributed by atoms with Gasteiger partial charge in [0.2, 0.25) is 10.0 Å². The fraction of sp³-hybridized carbons (Fsp3) is 0.188. The van der Waals surface area contributed by atoms with E-state index >= 15 is 0 Å². The molecule has 0 radical (unpaired) electrons. The van der Waals surface area contributed by atoms with Crippen molar-refractivity contribution in [3.8, 4) is 0 Å². The number of benzene rings is 2. The first kappa shape index (κ1) is 18.6. The summed E-state index contributed by atoms with van der Waals surface area (Å²) < 4.78 is 22.7. The minimum absolute atomic E-state index is 0.0713. The second-order valence-corrected chi connectivity index (χ2v) is 7.17. The molecule has 25 heavy (non-hydrogen) atoms. The van der Waals surface area contributed by atoms with Gasteiger partial charge in [0.25, 0.3) is 5.69 Å². The van der Waals surface area contributed by atoms with Crippen LogP contribution in [0.3, 0.4) is 0 Å². The molecule has 0 aromatic heterocycles. The van der Waals surface area contributed by atoms with Gasteiger partial charge in [-0.15, -0.1) is 0 Å². The van der Waals surface area contributed by atoms with Crippen molar-refractivity contribution in [1.82, 2.24) is 0 Å². The first-order chi connectivity index (χ1) is 11.6. The van der Waals surface area contributed by atoms with Crippen molar-refractivity contribution in [2.24, 2.45) is 10.2 Å². The van der Waals surface area contributed by atoms with Crippen LogP contribution in [-0.2, 0) is 10.0 Å². The van der Waals surface area contributed by atoms with Gasteiger partial charge in [0, 0.05) is 11.6 Å². The molecule has 0 saturated heterocycles. The molecule has 0 fully saturated rings. The Hall–Kier alpha value is -2.78. The number of sulfonamides is 1. The molecule has 0 aliphatic rings. The quantitative estimate of drug-likeness (QED) is 0.480. The summed E-state index contributed by atoms with van der Waals surface area (Å²) in [4.78, 5) is 10.2. The summed E-state index contributed by atoms with van der Waals surface area (Å²) >= 11 is 0. The summed E-state index contributed by atoms with van der Waals surface area (Å²) in [6, 6.07) is 9.27. The van der Waals surface area contributed by atoms with E-state index in [9.17, 15) is 18.5 Å². The first-order valence-electron chi connectivity index (χ1n) is 7.29. The number of aryl methyl sites for hydroxylation is 2. The van der Waals surface area contributed by atoms with Crippen LogP contribution >= 0.6 is 0 Å². The second kappa shape index (κ2) is 6.99. The molecule has 0 unspecified atom stereocenters. The third kappa shape index (κ3) is 4.40. The molecule has 0 spiro atoms. The van der Waals surface area contributed by atoms with Crippen molar-refractivity contribution >= 4 is 27.1 Å². The maximum absolute atomic E-state index is 11.3. The molecular formula is C16H18N4O4S. The Bertz CT molecular complexity index is 968. The predicted molar refractivity (Wildman–Crippen MR) is 96.2 cm³/mol. The van der Waals surface area contributed by atoms with E-state index in [0.717, 1.165) is 22.8 Å². The van der Waals surface area contributed by atoms with Gasteiger partial charge >= 0.3 is 0 Å². The van der Waals surface area contributed by atoms with Crippen molar-refractivity contribution in [2.45, 2.75) is 25.7 Å². The van der Waals surface area contributed by atoms with Crippen molar-refractivity contribution in [1.29, 1.82) is 0 Å². The number of primary sulfonamides is 1. The predicted octanol–water partition coefficient (Wildman–Crippen LogP) is 2.70. The molecule has 8 nitrogen and oxygen atoms in total. The fourth-order valence-corrected chi connectivity index (χ4v) is 2.80. The van der Waals surface area contributed by atoms with Crippen molar-refractivity contribution < 1.29 is 13.3 Å². The Kier molecular flexibility index (Phi) is 5.19. The highest BCUT2D eigenvalue weighted by Gasteiger charge is 2.19. The highest BCUT2D eigenvalue weighted by molar-refractivity contribution is 7.89. The van der Waals surface area contributed by atoms with E-state index < -0.39 is 20.6 Å². The molecule has 2 aromatic rings. The Morgan fingerprint density at radius 2 is 1.88 bits per heavy atom. The van der Waals surface area contributed by atoms with E-state index in [0.29, 0.717) is 5.71 Å². The number of nitrogens with one attached hydrogen (secondary N) is 1. The van der Waals surface area contributed by atoms with E-state index in [4.69, 9.17) is 5.14 Å². The Balaban J connectivity index is 2.40. The molecule has 0 aliphatic heterocycles. The molecule has 0 atom stereocenters. The van der Waals surface area contributed by atoms with Crippen LogP contribution in [0.25, 0.3) is 0 Å². The monoisotopic (exact) mass is 362 g/mol. The van der Waals surface area contributed by atoms with E-state index in [1.54, 1.807) is 6.92 Å². The third-order valence-corrected chi connectivity index (χ3v) is 4.53. The minimum atomic E-state index is -4.03. The summed E-state index contributed by atoms with van der Waals surface area (Å²) in [6.07, 6.45) is 0. The van der Waals surface area contributed by atoms with Crippen LogP contribution in [0.1, 0.15) is 23.6 Å². The van der Waals surface area contributed by atoms with Gasteiger partial charge in [-0.1, -0.05) is 17.7 Å². The van der Waals surface area contributed by atoms with Gasteiger partial charge in [-0.2, -0.15) is 5.10 Å². The summed E-state index contributed by atoms with van der Waals surface area (Å²) in [7, 11) is -4.03. The van der Waals surface area contributed by atoms with Gasteiger partial charge in [0.05, 0.1) is 15.5 Å². The standard InChI is InChI=1S/C16H18N4O4S/c1-10-4-5-11(2)14(8-10)12(3)18-19-15-7-6-13(25(17,23)24)9-16(15)20(21)22/h4-9,19H,1-3H3,(H2,17,23,24)/b18-12-. The number of nitro groups is 1. The van der Waals surface area contributed by atoms with Crippen LogP contribution in [0.5, 0.6) is 0 Å². The van der Waals surface area contributed by atoms with Crippen molar-refractivity contribution in [3.63, 3.8) is 0 Å². The van der Waals surface area contributed by atoms with Crippen LogP contribution in [-0.4, -0.2) is 19.1 Å². The zero-order valence-corrected chi connectivity index (χ0v) is 14.8. The molecule has 0 amide bonds. The maximum atomic E-state index is 11.3. The van der Waals surface area contributed by atoms with Crippen molar-refractivity contribution in [2.75, 3.05) is 5.43 Å². The number of anilines is 1. The summed E-state index contributed by atoms with van der Waals surface area (Å²) in [5, 5.41) is 20.4. The van der Waals surface area contributed by atoms with Gasteiger partial charge in [-0.25, -0.2) is 13.6 Å². The average Bonchev–Trinajstić information content (AvgIpc) is 2.53. The SMILES string of the molecule is C/C(=N/Nc1ccc(S(N)(=O)=O)cc1[N+](=O)[O-])c1cc(C)ccc1C. The van der Waals surface area contributed by atoms with Gasteiger partial charge < -0.3 is 0 Å². The van der Waals surface area contributed by atoms with E-state index in [2.05, 4.69) is 10.5 Å². The molecule has 9 heteroatoms. The summed E-state index contributed by atoms with van der Waals surface area (Å²) in [5.41, 5.74) is 5.92. The van der Waals surface area contributed by atoms with Gasteiger partial charge in [-0.3, -0.25) is 15.5 Å². The highest BCUT2D eigenvalue weighted by atomic mass is 32.2. The molecule has 0 bridgehead atoms. The summed E-state index contributed by atoms with van der Waals surface area (Å²) in [6.45, 7) is 5.68. The normalized spacial score (nSPS) is 12.1. The fourth-order valence-electron chi connectivity index (χ4n) is 2.26. The van der Waals surface area contributed by atoms with Crippen LogP contribution in [0.2, 0.25) is 0 Å². The smallest absolute Gasteiger partial charge is 0.271 e. The lowest BCUT2D eigenvalue weighted by atomic mass is 10.0. The molecule has 0 aliphatic carbocycles. The van der Waals surface area contributed by atoms with E-state index in [-0.39, 0.29) is 10.6 Å². The number of hydrogen-bond donors (Lipinski definition) is 2. The average molecular weight is 362 g/mol. The first-order valence-corrected chi connectivity index (χ1v) is 8.83. The molecule has 2 rings (SSSR count). The molecule has 0 saturated carbocycles. The molecular weight excluding hydrogens is 344 g/mol. The third-order valence-electron chi connectivity index (χ3n) is 3.62. The van der Waals surface area contributed by atoms with Gasteiger partial charge in [0.1, 0.15) is 5.69 Å². The number of hydrogen-bond acceptors (Lipinski definition) is 6. The number of nitrogens with two attached hydrogens (primary N) is 1. The zero-order valence-electron chi connectivity index (χ0n) is 14.0. The lowest BCUT2D eigenvalue weighted by Crippen LogP contribution is -2.12. The van der Waals surface area contributed by atoms with Crippen LogP contribution in [0.4, 0.5) is 11.4 Å². The Morgan fingerprint density at radius 3 is 2.48 bits per heavy atom. The van der Waals surface area contributed by atoms with Crippen LogP contribution in [0.15, 0.2) is 46.4 Å². The van der Waals surface area contributed by atoms with Crippen LogP contribution in [0, 0.1) is 24.0 Å². The minimum Gasteiger partial charge on any atom is -0.271 e. The van der Waals surface area contributed by atoms with Crippen LogP contribution < -0.4 is 10.6 Å². The maximum Gasteiger partial charge on any atom is 0.295 e. The van der Waals surface area contributed by atoms with E-state index in [1.807, 2.05) is 32.0 Å². The van der Waals surface area contributed by atoms with Gasteiger partial charge in [-0.05, 0) is 44.5 Å². The Morgan fingerprint density at radius 1 is 1.20 bits per heavy atom. The number of hydrazone groups is 1.